The Bertz CT molecular complexity index is 985. The molecule has 0 aliphatic carbocycles. The van der Waals surface area contributed by atoms with E-state index in [1.165, 1.54) is 5.56 Å². The molecule has 8 heteroatoms. The fraction of sp³-hybridized carbons (Fsp3) is 0.435. The van der Waals surface area contributed by atoms with Gasteiger partial charge in [-0.1, -0.05) is 18.2 Å². The molecule has 0 spiro atoms. The number of guanidine groups is 1. The zero-order valence-corrected chi connectivity index (χ0v) is 18.6. The lowest BCUT2D eigenvalue weighted by molar-refractivity contribution is 0.172. The summed E-state index contributed by atoms with van der Waals surface area (Å²) in [5.74, 6) is 2.57. The number of rotatable bonds is 11. The Kier molecular flexibility index (Phi) is 8.66. The number of methoxy groups -OCH3 is 1. The summed E-state index contributed by atoms with van der Waals surface area (Å²) in [5.41, 5.74) is 3.08. The number of hydrogen-bond donors (Lipinski definition) is 2. The van der Waals surface area contributed by atoms with E-state index in [0.29, 0.717) is 26.3 Å². The lowest BCUT2D eigenvalue weighted by atomic mass is 10.1. The number of fused-ring (bicyclic) bond motifs is 1. The van der Waals surface area contributed by atoms with Gasteiger partial charge in [-0.25, -0.2) is 4.99 Å². The molecule has 31 heavy (non-hydrogen) atoms. The Labute approximate surface area is 183 Å². The molecule has 0 atom stereocenters. The molecule has 0 amide bonds. The first kappa shape index (κ1) is 22.6. The fourth-order valence-electron chi connectivity index (χ4n) is 3.17. The maximum absolute atomic E-state index is 5.98. The van der Waals surface area contributed by atoms with E-state index in [1.807, 2.05) is 28.8 Å². The van der Waals surface area contributed by atoms with Crippen LogP contribution in [0, 0.1) is 6.92 Å². The molecule has 0 saturated carbocycles. The zero-order valence-electron chi connectivity index (χ0n) is 18.6. The SMILES string of the molecule is CCNC(=NCc1ccc(C)cc1OCCCOC)NCCc1nnc2ccccn12. The summed E-state index contributed by atoms with van der Waals surface area (Å²) >= 11 is 0. The van der Waals surface area contributed by atoms with Gasteiger partial charge in [0.2, 0.25) is 0 Å². The Morgan fingerprint density at radius 1 is 1.13 bits per heavy atom. The van der Waals surface area contributed by atoms with E-state index in [2.05, 4.69) is 52.9 Å². The van der Waals surface area contributed by atoms with Crippen LogP contribution in [-0.2, 0) is 17.7 Å². The quantitative estimate of drug-likeness (QED) is 0.280. The number of aliphatic imine (C=N–C) groups is 1. The second-order valence-electron chi connectivity index (χ2n) is 7.22. The highest BCUT2D eigenvalue weighted by atomic mass is 16.5. The Balaban J connectivity index is 1.60. The summed E-state index contributed by atoms with van der Waals surface area (Å²) in [6.45, 7) is 7.45. The van der Waals surface area contributed by atoms with Crippen LogP contribution in [0.25, 0.3) is 5.65 Å². The van der Waals surface area contributed by atoms with Gasteiger partial charge in [0, 0.05) is 51.4 Å². The van der Waals surface area contributed by atoms with Crippen LogP contribution in [0.1, 0.15) is 30.3 Å². The van der Waals surface area contributed by atoms with E-state index in [-0.39, 0.29) is 0 Å². The van der Waals surface area contributed by atoms with Gasteiger partial charge < -0.3 is 20.1 Å². The number of aromatic nitrogens is 3. The molecule has 0 bridgehead atoms. The molecule has 166 valence electrons. The van der Waals surface area contributed by atoms with E-state index >= 15 is 0 Å². The molecule has 0 fully saturated rings. The van der Waals surface area contributed by atoms with Crippen molar-refractivity contribution in [3.8, 4) is 5.75 Å². The van der Waals surface area contributed by atoms with Crippen molar-refractivity contribution >= 4 is 11.6 Å². The van der Waals surface area contributed by atoms with Gasteiger partial charge in [-0.2, -0.15) is 0 Å². The largest absolute Gasteiger partial charge is 0.493 e. The number of benzene rings is 1. The van der Waals surface area contributed by atoms with E-state index < -0.39 is 0 Å². The molecule has 0 aliphatic heterocycles. The highest BCUT2D eigenvalue weighted by Gasteiger charge is 2.07. The lowest BCUT2D eigenvalue weighted by Gasteiger charge is -2.13. The summed E-state index contributed by atoms with van der Waals surface area (Å²) < 4.78 is 13.1. The van der Waals surface area contributed by atoms with Gasteiger partial charge in [0.25, 0.3) is 0 Å². The number of pyridine rings is 1. The minimum atomic E-state index is 0.531. The van der Waals surface area contributed by atoms with Crippen molar-refractivity contribution in [3.05, 3.63) is 59.5 Å². The Morgan fingerprint density at radius 3 is 2.87 bits per heavy atom. The Hall–Kier alpha value is -3.13. The molecule has 2 heterocycles. The third-order valence-electron chi connectivity index (χ3n) is 4.75. The van der Waals surface area contributed by atoms with Crippen molar-refractivity contribution in [1.82, 2.24) is 25.2 Å². The van der Waals surface area contributed by atoms with Crippen molar-refractivity contribution in [1.29, 1.82) is 0 Å². The standard InChI is InChI=1S/C23H32N6O2/c1-4-24-23(25-12-11-22-28-27-21-8-5-6-13-29(21)22)26-17-19-10-9-18(2)16-20(19)31-15-7-14-30-3/h5-6,8-10,13,16H,4,7,11-12,14-15,17H2,1-3H3,(H2,24,25,26). The second kappa shape index (κ2) is 11.9. The molecule has 0 aliphatic rings. The van der Waals surface area contributed by atoms with Gasteiger partial charge >= 0.3 is 0 Å². The van der Waals surface area contributed by atoms with E-state index in [1.54, 1.807) is 7.11 Å². The summed E-state index contributed by atoms with van der Waals surface area (Å²) in [6.07, 6.45) is 3.58. The fourth-order valence-corrected chi connectivity index (χ4v) is 3.17. The molecule has 2 N–H and O–H groups in total. The third-order valence-corrected chi connectivity index (χ3v) is 4.75. The first-order valence-electron chi connectivity index (χ1n) is 10.7. The summed E-state index contributed by atoms with van der Waals surface area (Å²) in [4.78, 5) is 4.75. The minimum Gasteiger partial charge on any atom is -0.493 e. The second-order valence-corrected chi connectivity index (χ2v) is 7.22. The van der Waals surface area contributed by atoms with Crippen molar-refractivity contribution < 1.29 is 9.47 Å². The molecule has 0 radical (unpaired) electrons. The molecule has 0 unspecified atom stereocenters. The van der Waals surface area contributed by atoms with Crippen molar-refractivity contribution in [2.75, 3.05) is 33.4 Å². The topological polar surface area (TPSA) is 85.1 Å². The molecule has 3 rings (SSSR count). The van der Waals surface area contributed by atoms with Crippen molar-refractivity contribution in [2.24, 2.45) is 4.99 Å². The van der Waals surface area contributed by atoms with Crippen LogP contribution in [0.2, 0.25) is 0 Å². The predicted octanol–water partition coefficient (Wildman–Crippen LogP) is 2.75. The average Bonchev–Trinajstić information content (AvgIpc) is 3.19. The normalized spacial score (nSPS) is 11.6. The third kappa shape index (κ3) is 6.68. The first-order valence-corrected chi connectivity index (χ1v) is 10.7. The number of nitrogens with zero attached hydrogens (tertiary/aromatic N) is 4. The smallest absolute Gasteiger partial charge is 0.191 e. The number of aryl methyl sites for hydroxylation is 1. The molecule has 1 aromatic carbocycles. The summed E-state index contributed by atoms with van der Waals surface area (Å²) in [6, 6.07) is 12.1. The number of ether oxygens (including phenoxy) is 2. The highest BCUT2D eigenvalue weighted by molar-refractivity contribution is 5.79. The lowest BCUT2D eigenvalue weighted by Crippen LogP contribution is -2.38. The van der Waals surface area contributed by atoms with Gasteiger partial charge in [0.15, 0.2) is 11.6 Å². The number of nitrogens with one attached hydrogen (secondary N) is 2. The predicted molar refractivity (Wildman–Crippen MR) is 123 cm³/mol. The molecular weight excluding hydrogens is 392 g/mol. The van der Waals surface area contributed by atoms with Gasteiger partial charge in [0.1, 0.15) is 11.6 Å². The first-order chi connectivity index (χ1) is 15.2. The maximum Gasteiger partial charge on any atom is 0.191 e. The van der Waals surface area contributed by atoms with Gasteiger partial charge in [-0.15, -0.1) is 10.2 Å². The molecule has 0 saturated heterocycles. The van der Waals surface area contributed by atoms with Crippen LogP contribution in [0.3, 0.4) is 0 Å². The van der Waals surface area contributed by atoms with Gasteiger partial charge in [-0.3, -0.25) is 4.40 Å². The van der Waals surface area contributed by atoms with Crippen molar-refractivity contribution in [2.45, 2.75) is 33.2 Å². The highest BCUT2D eigenvalue weighted by Crippen LogP contribution is 2.21. The van der Waals surface area contributed by atoms with Crippen LogP contribution >= 0.6 is 0 Å². The van der Waals surface area contributed by atoms with Crippen LogP contribution in [0.5, 0.6) is 5.75 Å². The van der Waals surface area contributed by atoms with Gasteiger partial charge in [0.05, 0.1) is 13.2 Å². The molecule has 3 aromatic rings. The molecular formula is C23H32N6O2. The van der Waals surface area contributed by atoms with Crippen LogP contribution < -0.4 is 15.4 Å². The van der Waals surface area contributed by atoms with Crippen LogP contribution in [0.15, 0.2) is 47.6 Å². The van der Waals surface area contributed by atoms with Crippen LogP contribution in [-0.4, -0.2) is 54.0 Å². The zero-order chi connectivity index (χ0) is 21.9. The summed E-state index contributed by atoms with van der Waals surface area (Å²) in [5, 5.41) is 15.2. The minimum absolute atomic E-state index is 0.531. The van der Waals surface area contributed by atoms with Crippen LogP contribution in [0.4, 0.5) is 0 Å². The van der Waals surface area contributed by atoms with E-state index in [0.717, 1.165) is 48.1 Å². The van der Waals surface area contributed by atoms with Gasteiger partial charge in [-0.05, 0) is 37.6 Å². The molecule has 2 aromatic heterocycles. The Morgan fingerprint density at radius 2 is 2.03 bits per heavy atom. The summed E-state index contributed by atoms with van der Waals surface area (Å²) in [7, 11) is 1.70. The number of hydrogen-bond acceptors (Lipinski definition) is 5. The van der Waals surface area contributed by atoms with E-state index in [9.17, 15) is 0 Å². The monoisotopic (exact) mass is 424 g/mol. The maximum atomic E-state index is 5.98. The molecule has 8 nitrogen and oxygen atoms in total. The average molecular weight is 425 g/mol. The van der Waals surface area contributed by atoms with E-state index in [4.69, 9.17) is 14.5 Å². The van der Waals surface area contributed by atoms with Crippen molar-refractivity contribution in [3.63, 3.8) is 0 Å².